The van der Waals surface area contributed by atoms with Gasteiger partial charge in [-0.3, -0.25) is 4.79 Å². The molecule has 1 aliphatic carbocycles. The van der Waals surface area contributed by atoms with Crippen LogP contribution < -0.4 is 5.32 Å². The van der Waals surface area contributed by atoms with E-state index in [0.717, 1.165) is 24.0 Å². The van der Waals surface area contributed by atoms with Gasteiger partial charge in [-0.1, -0.05) is 36.4 Å². The van der Waals surface area contributed by atoms with Gasteiger partial charge in [-0.15, -0.1) is 0 Å². The van der Waals surface area contributed by atoms with Crippen LogP contribution in [0.25, 0.3) is 6.08 Å². The zero-order chi connectivity index (χ0) is 20.8. The average molecular weight is 398 g/mol. The van der Waals surface area contributed by atoms with Gasteiger partial charge in [0.15, 0.2) is 0 Å². The lowest BCUT2D eigenvalue weighted by Gasteiger charge is -2.70. The second kappa shape index (κ2) is 7.48. The van der Waals surface area contributed by atoms with Gasteiger partial charge in [0.25, 0.3) is 0 Å². The Bertz CT molecular complexity index is 807. The molecule has 1 aromatic carbocycles. The highest BCUT2D eigenvalue weighted by atomic mass is 16.3. The number of hydrogen-bond donors (Lipinski definition) is 2. The SMILES string of the molecule is C/C=C/c1ccc([C@@H]2[C@@H](CO)N(C(=O)C3CC3)C23CN(C(=O)NC(C)C)C3)cc1. The second-order valence-electron chi connectivity index (χ2n) is 8.94. The Balaban J connectivity index is 1.60. The highest BCUT2D eigenvalue weighted by Crippen LogP contribution is 2.55. The molecule has 0 unspecified atom stereocenters. The van der Waals surface area contributed by atoms with Crippen molar-refractivity contribution in [3.8, 4) is 0 Å². The molecule has 29 heavy (non-hydrogen) atoms. The maximum atomic E-state index is 13.0. The zero-order valence-corrected chi connectivity index (χ0v) is 17.5. The molecule has 2 N–H and O–H groups in total. The molecule has 3 fully saturated rings. The van der Waals surface area contributed by atoms with Crippen molar-refractivity contribution in [1.29, 1.82) is 0 Å². The van der Waals surface area contributed by atoms with E-state index in [4.69, 9.17) is 0 Å². The van der Waals surface area contributed by atoms with Crippen LogP contribution in [-0.4, -0.2) is 64.2 Å². The largest absolute Gasteiger partial charge is 0.394 e. The van der Waals surface area contributed by atoms with Gasteiger partial charge in [-0.25, -0.2) is 4.79 Å². The number of allylic oxidation sites excluding steroid dienone is 1. The molecule has 6 heteroatoms. The second-order valence-corrected chi connectivity index (χ2v) is 8.94. The molecule has 2 heterocycles. The van der Waals surface area contributed by atoms with Gasteiger partial charge in [0.2, 0.25) is 5.91 Å². The molecule has 2 saturated heterocycles. The first-order chi connectivity index (χ1) is 13.9. The molecule has 1 aromatic rings. The van der Waals surface area contributed by atoms with Crippen LogP contribution in [0, 0.1) is 5.92 Å². The third-order valence-electron chi connectivity index (χ3n) is 6.41. The van der Waals surface area contributed by atoms with Crippen molar-refractivity contribution in [2.75, 3.05) is 19.7 Å². The van der Waals surface area contributed by atoms with Crippen molar-refractivity contribution < 1.29 is 14.7 Å². The van der Waals surface area contributed by atoms with Crippen LogP contribution in [0.1, 0.15) is 50.7 Å². The number of rotatable bonds is 5. The normalized spacial score (nSPS) is 25.3. The molecular formula is C23H31N3O3. The molecule has 2 atom stereocenters. The monoisotopic (exact) mass is 397 g/mol. The van der Waals surface area contributed by atoms with E-state index < -0.39 is 5.54 Å². The quantitative estimate of drug-likeness (QED) is 0.802. The smallest absolute Gasteiger partial charge is 0.317 e. The number of nitrogens with one attached hydrogen (secondary N) is 1. The number of amides is 3. The summed E-state index contributed by atoms with van der Waals surface area (Å²) in [4.78, 5) is 29.2. The summed E-state index contributed by atoms with van der Waals surface area (Å²) in [5.41, 5.74) is 1.85. The number of aliphatic hydroxyl groups is 1. The minimum Gasteiger partial charge on any atom is -0.394 e. The van der Waals surface area contributed by atoms with E-state index in [9.17, 15) is 14.7 Å². The van der Waals surface area contributed by atoms with Gasteiger partial charge >= 0.3 is 6.03 Å². The van der Waals surface area contributed by atoms with Gasteiger partial charge in [-0.2, -0.15) is 0 Å². The minimum absolute atomic E-state index is 0.0398. The lowest BCUT2D eigenvalue weighted by atomic mass is 9.60. The number of hydrogen-bond acceptors (Lipinski definition) is 3. The molecule has 1 spiro atoms. The first-order valence-electron chi connectivity index (χ1n) is 10.6. The Hall–Kier alpha value is -2.34. The first-order valence-corrected chi connectivity index (χ1v) is 10.6. The molecule has 2 aliphatic heterocycles. The number of nitrogens with zero attached hydrogens (tertiary/aromatic N) is 2. The third-order valence-corrected chi connectivity index (χ3v) is 6.41. The maximum Gasteiger partial charge on any atom is 0.317 e. The van der Waals surface area contributed by atoms with Gasteiger partial charge in [0, 0.05) is 31.0 Å². The molecule has 0 bridgehead atoms. The summed E-state index contributed by atoms with van der Waals surface area (Å²) in [5.74, 6) is 0.283. The fourth-order valence-corrected chi connectivity index (χ4v) is 4.99. The Morgan fingerprint density at radius 1 is 1.24 bits per heavy atom. The number of carbonyl (C=O) groups is 2. The summed E-state index contributed by atoms with van der Waals surface area (Å²) in [7, 11) is 0. The Morgan fingerprint density at radius 2 is 1.90 bits per heavy atom. The van der Waals surface area contributed by atoms with E-state index in [1.165, 1.54) is 0 Å². The van der Waals surface area contributed by atoms with Crippen molar-refractivity contribution in [3.63, 3.8) is 0 Å². The third kappa shape index (κ3) is 3.33. The van der Waals surface area contributed by atoms with Gasteiger partial charge in [0.1, 0.15) is 0 Å². The average Bonchev–Trinajstić information content (AvgIpc) is 3.46. The van der Waals surface area contributed by atoms with Crippen LogP contribution in [0.5, 0.6) is 0 Å². The van der Waals surface area contributed by atoms with Crippen molar-refractivity contribution in [1.82, 2.24) is 15.1 Å². The van der Waals surface area contributed by atoms with Gasteiger partial charge < -0.3 is 20.2 Å². The van der Waals surface area contributed by atoms with Gasteiger partial charge in [0.05, 0.1) is 18.2 Å². The van der Waals surface area contributed by atoms with Gasteiger partial charge in [-0.05, 0) is 44.7 Å². The Kier molecular flexibility index (Phi) is 5.15. The summed E-state index contributed by atoms with van der Waals surface area (Å²) < 4.78 is 0. The van der Waals surface area contributed by atoms with Crippen LogP contribution in [0.4, 0.5) is 4.79 Å². The first kappa shape index (κ1) is 20.0. The van der Waals surface area contributed by atoms with Crippen LogP contribution in [0.3, 0.4) is 0 Å². The van der Waals surface area contributed by atoms with Crippen molar-refractivity contribution in [2.45, 2.75) is 57.2 Å². The molecule has 3 amide bonds. The Morgan fingerprint density at radius 3 is 2.41 bits per heavy atom. The van der Waals surface area contributed by atoms with E-state index in [0.29, 0.717) is 13.1 Å². The Labute approximate surface area is 172 Å². The van der Waals surface area contributed by atoms with E-state index >= 15 is 0 Å². The summed E-state index contributed by atoms with van der Waals surface area (Å²) in [6, 6.07) is 8.12. The molecule has 156 valence electrons. The van der Waals surface area contributed by atoms with Crippen LogP contribution in [0.2, 0.25) is 0 Å². The van der Waals surface area contributed by atoms with Crippen LogP contribution in [-0.2, 0) is 4.79 Å². The standard InChI is InChI=1S/C23H31N3O3/c1-4-5-16-6-8-17(9-7-16)20-19(12-27)26(21(28)18-10-11-18)23(20)13-25(14-23)22(29)24-15(2)3/h4-9,15,18-20,27H,10-14H2,1-3H3,(H,24,29)/b5-4+/t19-,20-/m1/s1. The lowest BCUT2D eigenvalue weighted by molar-refractivity contribution is -0.194. The molecule has 1 saturated carbocycles. The van der Waals surface area contributed by atoms with Crippen LogP contribution >= 0.6 is 0 Å². The molecular weight excluding hydrogens is 366 g/mol. The summed E-state index contributed by atoms with van der Waals surface area (Å²) in [6.45, 7) is 6.85. The van der Waals surface area contributed by atoms with E-state index in [-0.39, 0.29) is 42.5 Å². The van der Waals surface area contributed by atoms with Crippen LogP contribution in [0.15, 0.2) is 30.3 Å². The summed E-state index contributed by atoms with van der Waals surface area (Å²) >= 11 is 0. The highest BCUT2D eigenvalue weighted by Gasteiger charge is 2.69. The van der Waals surface area contributed by atoms with Crippen molar-refractivity contribution in [3.05, 3.63) is 41.5 Å². The van der Waals surface area contributed by atoms with Crippen molar-refractivity contribution >= 4 is 18.0 Å². The highest BCUT2D eigenvalue weighted by molar-refractivity contribution is 5.85. The number of carbonyl (C=O) groups excluding carboxylic acids is 2. The number of benzene rings is 1. The van der Waals surface area contributed by atoms with Crippen molar-refractivity contribution in [2.24, 2.45) is 5.92 Å². The summed E-state index contributed by atoms with van der Waals surface area (Å²) in [5, 5.41) is 13.1. The fraction of sp³-hybridized carbons (Fsp3) is 0.565. The molecule has 0 aromatic heterocycles. The molecule has 3 aliphatic rings. The maximum absolute atomic E-state index is 13.0. The fourth-order valence-electron chi connectivity index (χ4n) is 4.99. The number of likely N-dealkylation sites (tertiary alicyclic amines) is 2. The molecule has 4 rings (SSSR count). The summed E-state index contributed by atoms with van der Waals surface area (Å²) in [6.07, 6.45) is 5.92. The molecule has 0 radical (unpaired) electrons. The van der Waals surface area contributed by atoms with E-state index in [1.54, 1.807) is 4.90 Å². The predicted molar refractivity (Wildman–Crippen MR) is 112 cm³/mol. The van der Waals surface area contributed by atoms with E-state index in [1.807, 2.05) is 37.8 Å². The molecule has 6 nitrogen and oxygen atoms in total. The zero-order valence-electron chi connectivity index (χ0n) is 17.5. The van der Waals surface area contributed by atoms with E-state index in [2.05, 4.69) is 29.6 Å². The lowest BCUT2D eigenvalue weighted by Crippen LogP contribution is -2.86. The minimum atomic E-state index is -0.399. The number of aliphatic hydroxyl groups excluding tert-OH is 1. The topological polar surface area (TPSA) is 72.9 Å². The predicted octanol–water partition coefficient (Wildman–Crippen LogP) is 2.59. The number of urea groups is 1.